The van der Waals surface area contributed by atoms with Crippen LogP contribution in [0.25, 0.3) is 0 Å². The quantitative estimate of drug-likeness (QED) is 0.749. The molecular formula is C16H23NO2S. The molecule has 0 radical (unpaired) electrons. The minimum absolute atomic E-state index is 0.174. The van der Waals surface area contributed by atoms with Gasteiger partial charge in [-0.2, -0.15) is 11.8 Å². The molecule has 1 saturated carbocycles. The third-order valence-electron chi connectivity index (χ3n) is 3.21. The van der Waals surface area contributed by atoms with Gasteiger partial charge < -0.3 is 10.1 Å². The van der Waals surface area contributed by atoms with Crippen molar-refractivity contribution in [3.05, 3.63) is 29.3 Å². The van der Waals surface area contributed by atoms with Gasteiger partial charge >= 0.3 is 0 Å². The maximum atomic E-state index is 11.5. The van der Waals surface area contributed by atoms with E-state index in [1.807, 2.05) is 0 Å². The molecule has 0 bridgehead atoms. The van der Waals surface area contributed by atoms with Crippen molar-refractivity contribution in [1.29, 1.82) is 0 Å². The second-order valence-corrected chi connectivity index (χ2v) is 6.47. The minimum Gasteiger partial charge on any atom is -0.493 e. The molecule has 4 heteroatoms. The van der Waals surface area contributed by atoms with Crippen LogP contribution in [0.3, 0.4) is 0 Å². The Balaban J connectivity index is 1.54. The topological polar surface area (TPSA) is 38.3 Å². The molecule has 20 heavy (non-hydrogen) atoms. The lowest BCUT2D eigenvalue weighted by molar-refractivity contribution is -0.118. The molecule has 1 aliphatic carbocycles. The average Bonchev–Trinajstić information content (AvgIpc) is 3.21. The Kier molecular flexibility index (Phi) is 5.77. The summed E-state index contributed by atoms with van der Waals surface area (Å²) in [5.74, 6) is 2.68. The van der Waals surface area contributed by atoms with E-state index >= 15 is 0 Å². The molecule has 1 aromatic carbocycles. The molecule has 1 aliphatic rings. The van der Waals surface area contributed by atoms with Gasteiger partial charge in [-0.3, -0.25) is 4.79 Å². The molecule has 3 nitrogen and oxygen atoms in total. The number of ether oxygens (including phenoxy) is 1. The van der Waals surface area contributed by atoms with E-state index in [0.29, 0.717) is 18.4 Å². The number of hydrogen-bond acceptors (Lipinski definition) is 3. The third kappa shape index (κ3) is 5.45. The lowest BCUT2D eigenvalue weighted by Gasteiger charge is -2.09. The molecule has 0 atom stereocenters. The maximum absolute atomic E-state index is 11.5. The summed E-state index contributed by atoms with van der Waals surface area (Å²) in [6.45, 7) is 4.84. The van der Waals surface area contributed by atoms with Gasteiger partial charge in [0.1, 0.15) is 5.75 Å². The molecule has 1 amide bonds. The van der Waals surface area contributed by atoms with Crippen molar-refractivity contribution in [1.82, 2.24) is 5.32 Å². The molecule has 0 spiro atoms. The SMILES string of the molecule is Cc1ccc(C)c(OCCCSCC(=O)NC2CC2)c1. The number of nitrogens with one attached hydrogen (secondary N) is 1. The van der Waals surface area contributed by atoms with Gasteiger partial charge in [-0.05, 0) is 56.1 Å². The van der Waals surface area contributed by atoms with Crippen molar-refractivity contribution >= 4 is 17.7 Å². The summed E-state index contributed by atoms with van der Waals surface area (Å²) in [4.78, 5) is 11.5. The maximum Gasteiger partial charge on any atom is 0.230 e. The van der Waals surface area contributed by atoms with Gasteiger partial charge in [0.2, 0.25) is 5.91 Å². The van der Waals surface area contributed by atoms with Crippen molar-refractivity contribution in [3.8, 4) is 5.75 Å². The van der Waals surface area contributed by atoms with E-state index in [9.17, 15) is 4.79 Å². The van der Waals surface area contributed by atoms with Crippen LogP contribution >= 0.6 is 11.8 Å². The molecule has 1 aromatic rings. The fraction of sp³-hybridized carbons (Fsp3) is 0.562. The van der Waals surface area contributed by atoms with E-state index in [0.717, 1.165) is 30.8 Å². The van der Waals surface area contributed by atoms with Gasteiger partial charge in [0.25, 0.3) is 0 Å². The van der Waals surface area contributed by atoms with Crippen molar-refractivity contribution in [2.45, 2.75) is 39.2 Å². The average molecular weight is 293 g/mol. The minimum atomic E-state index is 0.174. The number of amides is 1. The Morgan fingerprint density at radius 3 is 2.95 bits per heavy atom. The summed E-state index contributed by atoms with van der Waals surface area (Å²) in [6.07, 6.45) is 3.27. The van der Waals surface area contributed by atoms with Crippen molar-refractivity contribution in [2.75, 3.05) is 18.1 Å². The standard InChI is InChI=1S/C16H23NO2S/c1-12-4-5-13(2)15(10-12)19-8-3-9-20-11-16(18)17-14-6-7-14/h4-5,10,14H,3,6-9,11H2,1-2H3,(H,17,18). The van der Waals surface area contributed by atoms with E-state index in [2.05, 4.69) is 37.4 Å². The number of aryl methyl sites for hydroxylation is 2. The van der Waals surface area contributed by atoms with E-state index in [-0.39, 0.29) is 5.91 Å². The predicted octanol–water partition coefficient (Wildman–Crippen LogP) is 3.08. The van der Waals surface area contributed by atoms with E-state index < -0.39 is 0 Å². The van der Waals surface area contributed by atoms with Crippen LogP contribution < -0.4 is 10.1 Å². The van der Waals surface area contributed by atoms with E-state index in [1.165, 1.54) is 11.1 Å². The highest BCUT2D eigenvalue weighted by Crippen LogP contribution is 2.20. The lowest BCUT2D eigenvalue weighted by Crippen LogP contribution is -2.27. The van der Waals surface area contributed by atoms with Crippen LogP contribution in [0, 0.1) is 13.8 Å². The highest BCUT2D eigenvalue weighted by molar-refractivity contribution is 7.99. The van der Waals surface area contributed by atoms with Crippen LogP contribution in [0.2, 0.25) is 0 Å². The molecule has 1 N–H and O–H groups in total. The van der Waals surface area contributed by atoms with Gasteiger partial charge in [-0.25, -0.2) is 0 Å². The monoisotopic (exact) mass is 293 g/mol. The van der Waals surface area contributed by atoms with Gasteiger partial charge in [-0.1, -0.05) is 12.1 Å². The fourth-order valence-corrected chi connectivity index (χ4v) is 2.60. The van der Waals surface area contributed by atoms with Gasteiger partial charge in [0, 0.05) is 6.04 Å². The van der Waals surface area contributed by atoms with Gasteiger partial charge in [-0.15, -0.1) is 0 Å². The Bertz CT molecular complexity index is 458. The zero-order valence-electron chi connectivity index (χ0n) is 12.3. The second-order valence-electron chi connectivity index (χ2n) is 5.37. The first-order chi connectivity index (χ1) is 9.65. The molecule has 0 heterocycles. The molecule has 0 unspecified atom stereocenters. The van der Waals surface area contributed by atoms with E-state index in [4.69, 9.17) is 4.74 Å². The number of carbonyl (C=O) groups is 1. The smallest absolute Gasteiger partial charge is 0.230 e. The predicted molar refractivity (Wildman–Crippen MR) is 84.5 cm³/mol. The molecule has 0 saturated heterocycles. The highest BCUT2D eigenvalue weighted by atomic mass is 32.2. The lowest BCUT2D eigenvalue weighted by atomic mass is 10.1. The molecular weight excluding hydrogens is 270 g/mol. The molecule has 0 aliphatic heterocycles. The van der Waals surface area contributed by atoms with Crippen LogP contribution in [0.4, 0.5) is 0 Å². The summed E-state index contributed by atoms with van der Waals surface area (Å²) >= 11 is 1.68. The Labute approximate surface area is 125 Å². The summed E-state index contributed by atoms with van der Waals surface area (Å²) in [7, 11) is 0. The van der Waals surface area contributed by atoms with Crippen molar-refractivity contribution in [2.24, 2.45) is 0 Å². The zero-order valence-corrected chi connectivity index (χ0v) is 13.1. The summed E-state index contributed by atoms with van der Waals surface area (Å²) in [5, 5.41) is 2.99. The Hall–Kier alpha value is -1.16. The van der Waals surface area contributed by atoms with Crippen LogP contribution in [0.1, 0.15) is 30.4 Å². The Morgan fingerprint density at radius 2 is 2.20 bits per heavy atom. The summed E-state index contributed by atoms with van der Waals surface area (Å²) in [6, 6.07) is 6.72. The first-order valence-electron chi connectivity index (χ1n) is 7.22. The number of thioether (sulfide) groups is 1. The normalized spacial score (nSPS) is 14.1. The molecule has 0 aromatic heterocycles. The number of benzene rings is 1. The van der Waals surface area contributed by atoms with Crippen LogP contribution in [-0.2, 0) is 4.79 Å². The van der Waals surface area contributed by atoms with Crippen LogP contribution in [0.15, 0.2) is 18.2 Å². The summed E-state index contributed by atoms with van der Waals surface area (Å²) in [5.41, 5.74) is 2.39. The molecule has 110 valence electrons. The third-order valence-corrected chi connectivity index (χ3v) is 4.25. The largest absolute Gasteiger partial charge is 0.493 e. The fourth-order valence-electron chi connectivity index (χ4n) is 1.87. The first kappa shape index (κ1) is 15.2. The van der Waals surface area contributed by atoms with Gasteiger partial charge in [0.05, 0.1) is 12.4 Å². The molecule has 2 rings (SSSR count). The number of hydrogen-bond donors (Lipinski definition) is 1. The molecule has 1 fully saturated rings. The second kappa shape index (κ2) is 7.58. The zero-order chi connectivity index (χ0) is 14.4. The Morgan fingerprint density at radius 1 is 1.40 bits per heavy atom. The van der Waals surface area contributed by atoms with Gasteiger partial charge in [0.15, 0.2) is 0 Å². The summed E-state index contributed by atoms with van der Waals surface area (Å²) < 4.78 is 5.79. The highest BCUT2D eigenvalue weighted by Gasteiger charge is 2.22. The number of rotatable bonds is 8. The van der Waals surface area contributed by atoms with Crippen molar-refractivity contribution in [3.63, 3.8) is 0 Å². The van der Waals surface area contributed by atoms with Crippen molar-refractivity contribution < 1.29 is 9.53 Å². The number of carbonyl (C=O) groups excluding carboxylic acids is 1. The van der Waals surface area contributed by atoms with Crippen LogP contribution in [-0.4, -0.2) is 30.1 Å². The first-order valence-corrected chi connectivity index (χ1v) is 8.38. The van der Waals surface area contributed by atoms with E-state index in [1.54, 1.807) is 11.8 Å². The van der Waals surface area contributed by atoms with Crippen LogP contribution in [0.5, 0.6) is 5.75 Å².